The highest BCUT2D eigenvalue weighted by Crippen LogP contribution is 2.24. The van der Waals surface area contributed by atoms with Crippen molar-refractivity contribution < 1.29 is 9.90 Å². The molecule has 24 heavy (non-hydrogen) atoms. The van der Waals surface area contributed by atoms with E-state index in [1.807, 2.05) is 30.0 Å². The first kappa shape index (κ1) is 16.6. The quantitative estimate of drug-likeness (QED) is 0.917. The lowest BCUT2D eigenvalue weighted by Gasteiger charge is -2.36. The molecule has 1 aromatic heterocycles. The Labute approximate surface area is 142 Å². The summed E-state index contributed by atoms with van der Waals surface area (Å²) in [5.41, 5.74) is 1.89. The molecule has 1 saturated heterocycles. The zero-order valence-corrected chi connectivity index (χ0v) is 14.2. The number of nitrogens with zero attached hydrogens (tertiary/aromatic N) is 3. The van der Waals surface area contributed by atoms with Crippen molar-refractivity contribution in [1.29, 1.82) is 0 Å². The van der Waals surface area contributed by atoms with Gasteiger partial charge in [0.05, 0.1) is 0 Å². The van der Waals surface area contributed by atoms with E-state index in [0.717, 1.165) is 32.2 Å². The maximum absolute atomic E-state index is 12.9. The summed E-state index contributed by atoms with van der Waals surface area (Å²) in [5, 5.41) is 13.6. The third-order valence-electron chi connectivity index (χ3n) is 4.83. The summed E-state index contributed by atoms with van der Waals surface area (Å²) in [6, 6.07) is 9.45. The van der Waals surface area contributed by atoms with Gasteiger partial charge in [-0.25, -0.2) is 0 Å². The minimum Gasteiger partial charge on any atom is -0.508 e. The number of benzene rings is 1. The van der Waals surface area contributed by atoms with Gasteiger partial charge in [0.15, 0.2) is 0 Å². The van der Waals surface area contributed by atoms with E-state index in [4.69, 9.17) is 0 Å². The van der Waals surface area contributed by atoms with Gasteiger partial charge >= 0.3 is 0 Å². The first-order valence-electron chi connectivity index (χ1n) is 8.79. The van der Waals surface area contributed by atoms with Gasteiger partial charge < -0.3 is 10.0 Å². The van der Waals surface area contributed by atoms with Crippen molar-refractivity contribution in [2.24, 2.45) is 0 Å². The average Bonchev–Trinajstić information content (AvgIpc) is 3.09. The van der Waals surface area contributed by atoms with E-state index in [1.54, 1.807) is 23.0 Å². The predicted molar refractivity (Wildman–Crippen MR) is 93.0 cm³/mol. The van der Waals surface area contributed by atoms with Crippen LogP contribution in [0.1, 0.15) is 48.7 Å². The van der Waals surface area contributed by atoms with Crippen LogP contribution in [-0.2, 0) is 13.0 Å². The van der Waals surface area contributed by atoms with Gasteiger partial charge in [0, 0.05) is 25.3 Å². The Hall–Kier alpha value is -2.30. The molecule has 2 aromatic rings. The normalized spacial score (nSPS) is 17.9. The van der Waals surface area contributed by atoms with Crippen LogP contribution in [0.5, 0.6) is 5.75 Å². The van der Waals surface area contributed by atoms with Crippen molar-refractivity contribution in [3.05, 3.63) is 47.8 Å². The molecule has 1 atom stereocenters. The Morgan fingerprint density at radius 3 is 2.79 bits per heavy atom. The maximum Gasteiger partial charge on any atom is 0.272 e. The lowest BCUT2D eigenvalue weighted by molar-refractivity contribution is 0.0589. The number of phenols is 1. The Morgan fingerprint density at radius 2 is 2.04 bits per heavy atom. The number of aromatic hydroxyl groups is 1. The molecule has 0 saturated carbocycles. The maximum atomic E-state index is 12.9. The second-order valence-electron chi connectivity index (χ2n) is 6.39. The van der Waals surface area contributed by atoms with Crippen molar-refractivity contribution in [2.75, 3.05) is 6.54 Å². The summed E-state index contributed by atoms with van der Waals surface area (Å²) < 4.78 is 1.77. The minimum absolute atomic E-state index is 0.102. The average molecular weight is 327 g/mol. The van der Waals surface area contributed by atoms with E-state index in [-0.39, 0.29) is 11.9 Å². The van der Waals surface area contributed by atoms with E-state index in [0.29, 0.717) is 18.0 Å². The van der Waals surface area contributed by atoms with Crippen molar-refractivity contribution >= 4 is 5.91 Å². The van der Waals surface area contributed by atoms with Crippen LogP contribution in [0, 0.1) is 0 Å². The van der Waals surface area contributed by atoms with Crippen LogP contribution >= 0.6 is 0 Å². The number of phenolic OH excluding ortho intramolecular Hbond substituents is 1. The van der Waals surface area contributed by atoms with Crippen LogP contribution in [0.25, 0.3) is 0 Å². The van der Waals surface area contributed by atoms with Crippen LogP contribution in [0.4, 0.5) is 0 Å². The van der Waals surface area contributed by atoms with Gasteiger partial charge in [-0.1, -0.05) is 12.1 Å². The first-order valence-corrected chi connectivity index (χ1v) is 8.79. The summed E-state index contributed by atoms with van der Waals surface area (Å²) in [4.78, 5) is 15.0. The molecule has 1 fully saturated rings. The fourth-order valence-electron chi connectivity index (χ4n) is 3.48. The monoisotopic (exact) mass is 327 g/mol. The second-order valence-corrected chi connectivity index (χ2v) is 6.39. The van der Waals surface area contributed by atoms with Crippen LogP contribution in [0.15, 0.2) is 36.5 Å². The highest BCUT2D eigenvalue weighted by atomic mass is 16.3. The number of aromatic nitrogens is 2. The molecule has 1 aliphatic rings. The first-order chi connectivity index (χ1) is 11.7. The van der Waals surface area contributed by atoms with Crippen LogP contribution in [0.2, 0.25) is 0 Å². The number of amides is 1. The largest absolute Gasteiger partial charge is 0.508 e. The molecule has 5 heteroatoms. The third kappa shape index (κ3) is 3.61. The fourth-order valence-corrected chi connectivity index (χ4v) is 3.48. The topological polar surface area (TPSA) is 58.4 Å². The number of rotatable bonds is 5. The van der Waals surface area contributed by atoms with Gasteiger partial charge in [0.25, 0.3) is 5.91 Å². The van der Waals surface area contributed by atoms with Gasteiger partial charge in [0.2, 0.25) is 0 Å². The zero-order valence-electron chi connectivity index (χ0n) is 14.2. The molecule has 2 heterocycles. The summed E-state index contributed by atoms with van der Waals surface area (Å²) in [6.45, 7) is 3.54. The van der Waals surface area contributed by atoms with Crippen molar-refractivity contribution in [1.82, 2.24) is 14.7 Å². The Bertz CT molecular complexity index is 678. The van der Waals surface area contributed by atoms with Gasteiger partial charge in [-0.05, 0) is 62.8 Å². The summed E-state index contributed by atoms with van der Waals surface area (Å²) >= 11 is 0. The molecule has 1 N–H and O–H groups in total. The Kier molecular flexibility index (Phi) is 5.18. The van der Waals surface area contributed by atoms with Crippen LogP contribution < -0.4 is 0 Å². The lowest BCUT2D eigenvalue weighted by Crippen LogP contribution is -2.44. The van der Waals surface area contributed by atoms with Crippen LogP contribution in [0.3, 0.4) is 0 Å². The van der Waals surface area contributed by atoms with Crippen LogP contribution in [-0.4, -0.2) is 38.3 Å². The van der Waals surface area contributed by atoms with E-state index in [2.05, 4.69) is 5.10 Å². The highest BCUT2D eigenvalue weighted by Gasteiger charge is 2.28. The molecular weight excluding hydrogens is 302 g/mol. The predicted octanol–water partition coefficient (Wildman–Crippen LogP) is 3.24. The highest BCUT2D eigenvalue weighted by molar-refractivity contribution is 5.92. The molecular formula is C19H25N3O2. The molecule has 0 bridgehead atoms. The van der Waals surface area contributed by atoms with Gasteiger partial charge in [0.1, 0.15) is 11.4 Å². The number of hydrogen-bond donors (Lipinski definition) is 1. The summed E-state index contributed by atoms with van der Waals surface area (Å²) in [7, 11) is 0. The molecule has 0 radical (unpaired) electrons. The number of carbonyl (C=O) groups excluding carboxylic acids is 1. The number of aryl methyl sites for hydroxylation is 2. The Balaban J connectivity index is 1.69. The van der Waals surface area contributed by atoms with E-state index in [9.17, 15) is 9.90 Å². The number of carbonyl (C=O) groups is 1. The van der Waals surface area contributed by atoms with E-state index >= 15 is 0 Å². The van der Waals surface area contributed by atoms with E-state index in [1.165, 1.54) is 12.0 Å². The van der Waals surface area contributed by atoms with Gasteiger partial charge in [-0.2, -0.15) is 5.10 Å². The number of likely N-dealkylation sites (tertiary alicyclic amines) is 1. The standard InChI is InChI=1S/C19H25N3O2/c1-2-22-18(12-13-20-22)19(24)21-14-4-3-5-16(21)9-6-15-7-10-17(23)11-8-15/h7-8,10-13,16,23H,2-6,9,14H2,1H3/t16-/m0/s1. The van der Waals surface area contributed by atoms with Crippen molar-refractivity contribution in [3.63, 3.8) is 0 Å². The van der Waals surface area contributed by atoms with E-state index < -0.39 is 0 Å². The molecule has 0 aliphatic carbocycles. The Morgan fingerprint density at radius 1 is 1.25 bits per heavy atom. The third-order valence-corrected chi connectivity index (χ3v) is 4.83. The summed E-state index contributed by atoms with van der Waals surface area (Å²) in [6.07, 6.45) is 6.88. The van der Waals surface area contributed by atoms with Crippen molar-refractivity contribution in [2.45, 2.75) is 51.6 Å². The minimum atomic E-state index is 0.102. The molecule has 3 rings (SSSR count). The van der Waals surface area contributed by atoms with Gasteiger partial charge in [-0.15, -0.1) is 0 Å². The second kappa shape index (κ2) is 7.51. The number of piperidine rings is 1. The summed E-state index contributed by atoms with van der Waals surface area (Å²) in [5.74, 6) is 0.394. The lowest BCUT2D eigenvalue weighted by atomic mass is 9.95. The molecule has 128 valence electrons. The number of hydrogen-bond acceptors (Lipinski definition) is 3. The molecule has 1 aliphatic heterocycles. The van der Waals surface area contributed by atoms with Crippen molar-refractivity contribution in [3.8, 4) is 5.75 Å². The molecule has 1 amide bonds. The molecule has 0 spiro atoms. The smallest absolute Gasteiger partial charge is 0.272 e. The SMILES string of the molecule is CCn1nccc1C(=O)N1CCCC[C@H]1CCc1ccc(O)cc1. The van der Waals surface area contributed by atoms with Gasteiger partial charge in [-0.3, -0.25) is 9.48 Å². The molecule has 5 nitrogen and oxygen atoms in total. The zero-order chi connectivity index (χ0) is 16.9. The fraction of sp³-hybridized carbons (Fsp3) is 0.474. The molecule has 1 aromatic carbocycles. The molecule has 0 unspecified atom stereocenters.